The lowest BCUT2D eigenvalue weighted by atomic mass is 10.1. The molecule has 0 bridgehead atoms. The fraction of sp³-hybridized carbons (Fsp3) is 0.238. The van der Waals surface area contributed by atoms with Gasteiger partial charge in [0.25, 0.3) is 5.91 Å². The topological polar surface area (TPSA) is 67.9 Å². The molecule has 1 aliphatic heterocycles. The van der Waals surface area contributed by atoms with Crippen molar-refractivity contribution in [2.75, 3.05) is 43.6 Å². The maximum absolute atomic E-state index is 13.0. The summed E-state index contributed by atoms with van der Waals surface area (Å²) in [6.45, 7) is 2.92. The SMILES string of the molecule is COC(=O)c1ccsc1NC(=O)c1cc(-c2ccccc2)c(N2CCOCC2)s1. The summed E-state index contributed by atoms with van der Waals surface area (Å²) in [6, 6.07) is 13.6. The molecule has 0 radical (unpaired) electrons. The van der Waals surface area contributed by atoms with Crippen LogP contribution >= 0.6 is 22.7 Å². The number of benzene rings is 1. The van der Waals surface area contributed by atoms with Crippen LogP contribution in [0.3, 0.4) is 0 Å². The van der Waals surface area contributed by atoms with Gasteiger partial charge in [-0.15, -0.1) is 22.7 Å². The Labute approximate surface area is 176 Å². The second-order valence-corrected chi connectivity index (χ2v) is 8.35. The molecule has 150 valence electrons. The van der Waals surface area contributed by atoms with E-state index in [4.69, 9.17) is 9.47 Å². The number of thiophene rings is 2. The first kappa shape index (κ1) is 19.6. The van der Waals surface area contributed by atoms with E-state index in [2.05, 4.69) is 10.2 Å². The van der Waals surface area contributed by atoms with Crippen LogP contribution in [0.15, 0.2) is 47.8 Å². The number of anilines is 2. The molecule has 0 saturated carbocycles. The standard InChI is InChI=1S/C21H20N2O4S2/c1-26-21(25)15-7-12-28-19(15)22-18(24)17-13-16(14-5-3-2-4-6-14)20(29-17)23-8-10-27-11-9-23/h2-7,12-13H,8-11H2,1H3,(H,22,24). The number of hydrogen-bond donors (Lipinski definition) is 1. The Hall–Kier alpha value is -2.68. The lowest BCUT2D eigenvalue weighted by Gasteiger charge is -2.28. The van der Waals surface area contributed by atoms with Gasteiger partial charge >= 0.3 is 5.97 Å². The molecule has 29 heavy (non-hydrogen) atoms. The number of esters is 1. The Bertz CT molecular complexity index is 1010. The van der Waals surface area contributed by atoms with Crippen LogP contribution in [0.4, 0.5) is 10.0 Å². The molecule has 1 fully saturated rings. The second-order valence-electron chi connectivity index (χ2n) is 6.40. The number of carbonyl (C=O) groups excluding carboxylic acids is 2. The second kappa shape index (κ2) is 8.77. The van der Waals surface area contributed by atoms with Crippen LogP contribution < -0.4 is 10.2 Å². The van der Waals surface area contributed by atoms with Gasteiger partial charge in [0, 0.05) is 18.7 Å². The van der Waals surface area contributed by atoms with E-state index in [1.807, 2.05) is 36.4 Å². The monoisotopic (exact) mass is 428 g/mol. The molecule has 1 saturated heterocycles. The molecular formula is C21H20N2O4S2. The molecule has 3 aromatic rings. The van der Waals surface area contributed by atoms with Crippen LogP contribution in [0.25, 0.3) is 11.1 Å². The van der Waals surface area contributed by atoms with Gasteiger partial charge in [0.05, 0.1) is 35.8 Å². The van der Waals surface area contributed by atoms with Crippen molar-refractivity contribution in [3.63, 3.8) is 0 Å². The third-order valence-corrected chi connectivity index (χ3v) is 6.64. The zero-order chi connectivity index (χ0) is 20.2. The van der Waals surface area contributed by atoms with Crippen molar-refractivity contribution in [3.8, 4) is 11.1 Å². The van der Waals surface area contributed by atoms with E-state index >= 15 is 0 Å². The number of ether oxygens (including phenoxy) is 2. The molecule has 1 aliphatic rings. The van der Waals surface area contributed by atoms with Crippen molar-refractivity contribution in [1.29, 1.82) is 0 Å². The minimum Gasteiger partial charge on any atom is -0.465 e. The number of nitrogens with zero attached hydrogens (tertiary/aromatic N) is 1. The summed E-state index contributed by atoms with van der Waals surface area (Å²) >= 11 is 2.75. The van der Waals surface area contributed by atoms with Gasteiger partial charge in [-0.25, -0.2) is 4.79 Å². The smallest absolute Gasteiger partial charge is 0.340 e. The highest BCUT2D eigenvalue weighted by Gasteiger charge is 2.23. The number of rotatable bonds is 5. The van der Waals surface area contributed by atoms with Crippen molar-refractivity contribution in [3.05, 3.63) is 58.3 Å². The van der Waals surface area contributed by atoms with Gasteiger partial charge in [0.15, 0.2) is 0 Å². The number of carbonyl (C=O) groups is 2. The maximum Gasteiger partial charge on any atom is 0.340 e. The van der Waals surface area contributed by atoms with Crippen molar-refractivity contribution in [1.82, 2.24) is 0 Å². The fourth-order valence-corrected chi connectivity index (χ4v) is 5.06. The van der Waals surface area contributed by atoms with Crippen molar-refractivity contribution in [2.24, 2.45) is 0 Å². The Morgan fingerprint density at radius 2 is 1.90 bits per heavy atom. The normalized spacial score (nSPS) is 13.9. The molecule has 0 unspecified atom stereocenters. The quantitative estimate of drug-likeness (QED) is 0.612. The predicted molar refractivity (Wildman–Crippen MR) is 116 cm³/mol. The molecule has 8 heteroatoms. The minimum atomic E-state index is -0.466. The molecule has 2 aromatic heterocycles. The van der Waals surface area contributed by atoms with Gasteiger partial charge in [-0.3, -0.25) is 4.79 Å². The molecule has 0 spiro atoms. The average molecular weight is 429 g/mol. The van der Waals surface area contributed by atoms with E-state index < -0.39 is 5.97 Å². The number of hydrogen-bond acceptors (Lipinski definition) is 7. The largest absolute Gasteiger partial charge is 0.465 e. The summed E-state index contributed by atoms with van der Waals surface area (Å²) in [5.41, 5.74) is 2.46. The van der Waals surface area contributed by atoms with Crippen LogP contribution in [0.2, 0.25) is 0 Å². The highest BCUT2D eigenvalue weighted by molar-refractivity contribution is 7.19. The van der Waals surface area contributed by atoms with E-state index in [9.17, 15) is 9.59 Å². The van der Waals surface area contributed by atoms with E-state index in [0.717, 1.165) is 29.2 Å². The lowest BCUT2D eigenvalue weighted by Crippen LogP contribution is -2.35. The zero-order valence-electron chi connectivity index (χ0n) is 15.8. The third kappa shape index (κ3) is 4.19. The fourth-order valence-electron chi connectivity index (χ4n) is 3.16. The number of nitrogens with one attached hydrogen (secondary N) is 1. The van der Waals surface area contributed by atoms with Crippen LogP contribution in [-0.2, 0) is 9.47 Å². The van der Waals surface area contributed by atoms with Gasteiger partial charge in [0.2, 0.25) is 0 Å². The van der Waals surface area contributed by atoms with Crippen molar-refractivity contribution in [2.45, 2.75) is 0 Å². The summed E-state index contributed by atoms with van der Waals surface area (Å²) in [6.07, 6.45) is 0. The minimum absolute atomic E-state index is 0.237. The van der Waals surface area contributed by atoms with Crippen LogP contribution in [-0.4, -0.2) is 45.3 Å². The summed E-state index contributed by atoms with van der Waals surface area (Å²) in [5, 5.41) is 6.17. The number of methoxy groups -OCH3 is 1. The first-order valence-electron chi connectivity index (χ1n) is 9.16. The molecule has 0 atom stereocenters. The summed E-state index contributed by atoms with van der Waals surface area (Å²) < 4.78 is 10.3. The summed E-state index contributed by atoms with van der Waals surface area (Å²) in [7, 11) is 1.33. The van der Waals surface area contributed by atoms with Gasteiger partial charge in [-0.05, 0) is 23.1 Å². The molecule has 1 N–H and O–H groups in total. The maximum atomic E-state index is 13.0. The van der Waals surface area contributed by atoms with Crippen molar-refractivity contribution < 1.29 is 19.1 Å². The molecule has 1 aromatic carbocycles. The molecular weight excluding hydrogens is 408 g/mol. The molecule has 0 aliphatic carbocycles. The number of morpholine rings is 1. The average Bonchev–Trinajstić information content (AvgIpc) is 3.42. The Morgan fingerprint density at radius 3 is 2.62 bits per heavy atom. The van der Waals surface area contributed by atoms with Gasteiger partial charge < -0.3 is 19.7 Å². The van der Waals surface area contributed by atoms with Gasteiger partial charge in [-0.1, -0.05) is 30.3 Å². The van der Waals surface area contributed by atoms with E-state index in [0.29, 0.717) is 28.7 Å². The van der Waals surface area contributed by atoms with Gasteiger partial charge in [-0.2, -0.15) is 0 Å². The zero-order valence-corrected chi connectivity index (χ0v) is 17.5. The van der Waals surface area contributed by atoms with Crippen molar-refractivity contribution >= 4 is 44.6 Å². The van der Waals surface area contributed by atoms with Crippen LogP contribution in [0.1, 0.15) is 20.0 Å². The molecule has 4 rings (SSSR count). The first-order valence-corrected chi connectivity index (χ1v) is 10.9. The van der Waals surface area contributed by atoms with E-state index in [-0.39, 0.29) is 5.91 Å². The van der Waals surface area contributed by atoms with Gasteiger partial charge in [0.1, 0.15) is 5.00 Å². The molecule has 6 nitrogen and oxygen atoms in total. The molecule has 1 amide bonds. The number of amides is 1. The summed E-state index contributed by atoms with van der Waals surface area (Å²) in [4.78, 5) is 27.7. The van der Waals surface area contributed by atoms with E-state index in [1.54, 1.807) is 11.4 Å². The van der Waals surface area contributed by atoms with Crippen LogP contribution in [0.5, 0.6) is 0 Å². The third-order valence-electron chi connectivity index (χ3n) is 4.62. The molecule has 3 heterocycles. The van der Waals surface area contributed by atoms with E-state index in [1.165, 1.54) is 29.8 Å². The Kier molecular flexibility index (Phi) is 5.94. The first-order chi connectivity index (χ1) is 14.2. The summed E-state index contributed by atoms with van der Waals surface area (Å²) in [5.74, 6) is -0.703. The Morgan fingerprint density at radius 1 is 1.14 bits per heavy atom. The highest BCUT2D eigenvalue weighted by atomic mass is 32.1. The lowest BCUT2D eigenvalue weighted by molar-refractivity contribution is 0.0602. The highest BCUT2D eigenvalue weighted by Crippen LogP contribution is 2.40. The Balaban J connectivity index is 1.65. The predicted octanol–water partition coefficient (Wildman–Crippen LogP) is 4.35. The van der Waals surface area contributed by atoms with Crippen LogP contribution in [0, 0.1) is 0 Å².